The third-order valence-corrected chi connectivity index (χ3v) is 9.13. The van der Waals surface area contributed by atoms with E-state index >= 15 is 0 Å². The van der Waals surface area contributed by atoms with Gasteiger partial charge in [0.25, 0.3) is 0 Å². The van der Waals surface area contributed by atoms with Crippen molar-refractivity contribution in [1.29, 1.82) is 0 Å². The Kier molecular flexibility index (Phi) is 7.62. The summed E-state index contributed by atoms with van der Waals surface area (Å²) >= 11 is 1.60. The minimum absolute atomic E-state index is 0.195. The van der Waals surface area contributed by atoms with Crippen molar-refractivity contribution in [3.05, 3.63) is 82.0 Å². The van der Waals surface area contributed by atoms with E-state index in [1.165, 1.54) is 11.8 Å². The Morgan fingerprint density at radius 1 is 1.10 bits per heavy atom. The van der Waals surface area contributed by atoms with Gasteiger partial charge in [-0.05, 0) is 85.7 Å². The number of nitrogens with zero attached hydrogens (tertiary/aromatic N) is 4. The van der Waals surface area contributed by atoms with Gasteiger partial charge in [0.2, 0.25) is 5.91 Å². The number of thiophene rings is 1. The fraction of sp³-hybridized carbons (Fsp3) is 0.375. The number of carbonyl (C=O) groups is 2. The van der Waals surface area contributed by atoms with Gasteiger partial charge in [-0.1, -0.05) is 25.1 Å². The van der Waals surface area contributed by atoms with Crippen molar-refractivity contribution < 1.29 is 19.4 Å². The summed E-state index contributed by atoms with van der Waals surface area (Å²) in [4.78, 5) is 31.9. The molecule has 2 fully saturated rings. The number of aromatic carboxylic acids is 1. The second kappa shape index (κ2) is 11.5. The number of amides is 1. The fourth-order valence-corrected chi connectivity index (χ4v) is 6.58. The Balaban J connectivity index is 1.13. The molecule has 8 nitrogen and oxygen atoms in total. The highest BCUT2D eigenvalue weighted by atomic mass is 32.1. The third kappa shape index (κ3) is 5.63. The molecule has 1 aliphatic heterocycles. The zero-order valence-corrected chi connectivity index (χ0v) is 24.2. The molecule has 6 rings (SSSR count). The first-order chi connectivity index (χ1) is 19.9. The lowest BCUT2D eigenvalue weighted by atomic mass is 9.88. The van der Waals surface area contributed by atoms with Gasteiger partial charge >= 0.3 is 5.97 Å². The number of likely N-dealkylation sites (tertiary alicyclic amines) is 1. The Morgan fingerprint density at radius 3 is 2.61 bits per heavy atom. The maximum Gasteiger partial charge on any atom is 0.339 e. The van der Waals surface area contributed by atoms with E-state index < -0.39 is 5.97 Å². The minimum atomic E-state index is -0.990. The van der Waals surface area contributed by atoms with E-state index in [1.54, 1.807) is 16.0 Å². The van der Waals surface area contributed by atoms with Crippen LogP contribution in [0.4, 0.5) is 0 Å². The Hall–Kier alpha value is -3.98. The smallest absolute Gasteiger partial charge is 0.339 e. The second-order valence-corrected chi connectivity index (χ2v) is 11.8. The number of piperidine rings is 1. The molecule has 1 amide bonds. The van der Waals surface area contributed by atoms with Gasteiger partial charge in [0.1, 0.15) is 17.9 Å². The Bertz CT molecular complexity index is 1580. The molecule has 3 aromatic heterocycles. The SMILES string of the molecule is CCc1c(C(=O)O)cnn1-c1cccc(-c2sccc2COc2ccc(C3CCN(C(=O)C4CC4)CC3)cc2C)n1. The summed E-state index contributed by atoms with van der Waals surface area (Å²) in [6, 6.07) is 14.2. The van der Waals surface area contributed by atoms with Crippen LogP contribution in [0, 0.1) is 12.8 Å². The predicted molar refractivity (Wildman–Crippen MR) is 158 cm³/mol. The van der Waals surface area contributed by atoms with E-state index in [9.17, 15) is 14.7 Å². The molecule has 0 spiro atoms. The first-order valence-electron chi connectivity index (χ1n) is 14.3. The van der Waals surface area contributed by atoms with Gasteiger partial charge in [-0.2, -0.15) is 5.10 Å². The summed E-state index contributed by atoms with van der Waals surface area (Å²) in [5, 5.41) is 15.8. The van der Waals surface area contributed by atoms with E-state index in [2.05, 4.69) is 41.2 Å². The molecule has 41 heavy (non-hydrogen) atoms. The third-order valence-electron chi connectivity index (χ3n) is 8.15. The van der Waals surface area contributed by atoms with Crippen LogP contribution < -0.4 is 4.74 Å². The second-order valence-electron chi connectivity index (χ2n) is 10.9. The van der Waals surface area contributed by atoms with Crippen LogP contribution in [0.1, 0.15) is 71.3 Å². The van der Waals surface area contributed by atoms with E-state index in [4.69, 9.17) is 9.72 Å². The van der Waals surface area contributed by atoms with Crippen LogP contribution in [-0.4, -0.2) is 49.7 Å². The number of carboxylic acids is 1. The number of hydrogen-bond donors (Lipinski definition) is 1. The molecular weight excluding hydrogens is 536 g/mol. The van der Waals surface area contributed by atoms with Gasteiger partial charge in [0.05, 0.1) is 22.5 Å². The number of pyridine rings is 1. The van der Waals surface area contributed by atoms with Crippen molar-refractivity contribution in [2.75, 3.05) is 13.1 Å². The fourth-order valence-electron chi connectivity index (χ4n) is 5.70. The van der Waals surface area contributed by atoms with Crippen LogP contribution in [0.25, 0.3) is 16.4 Å². The average Bonchev–Trinajstić information content (AvgIpc) is 3.57. The highest BCUT2D eigenvalue weighted by Gasteiger charge is 2.35. The molecular formula is C32H34N4O4S. The molecule has 1 saturated carbocycles. The summed E-state index contributed by atoms with van der Waals surface area (Å²) in [7, 11) is 0. The highest BCUT2D eigenvalue weighted by Crippen LogP contribution is 2.36. The number of rotatable bonds is 9. The summed E-state index contributed by atoms with van der Waals surface area (Å²) in [6.07, 6.45) is 6.07. The highest BCUT2D eigenvalue weighted by molar-refractivity contribution is 7.13. The van der Waals surface area contributed by atoms with Crippen molar-refractivity contribution >= 4 is 23.2 Å². The normalized spacial score (nSPS) is 15.7. The van der Waals surface area contributed by atoms with Crippen molar-refractivity contribution in [3.63, 3.8) is 0 Å². The number of ether oxygens (including phenoxy) is 1. The van der Waals surface area contributed by atoms with Gasteiger partial charge in [-0.3, -0.25) is 4.79 Å². The van der Waals surface area contributed by atoms with Gasteiger partial charge in [-0.15, -0.1) is 11.3 Å². The van der Waals surface area contributed by atoms with E-state index in [0.717, 1.165) is 66.2 Å². The average molecular weight is 571 g/mol. The molecule has 2 aliphatic rings. The molecule has 1 aliphatic carbocycles. The van der Waals surface area contributed by atoms with E-state index in [0.29, 0.717) is 42.3 Å². The van der Waals surface area contributed by atoms with Gasteiger partial charge in [0, 0.05) is 24.6 Å². The van der Waals surface area contributed by atoms with Crippen molar-refractivity contribution in [2.45, 2.75) is 58.5 Å². The Morgan fingerprint density at radius 2 is 1.90 bits per heavy atom. The molecule has 1 N–H and O–H groups in total. The molecule has 4 aromatic rings. The number of carboxylic acid groups (broad SMARTS) is 1. The number of aryl methyl sites for hydroxylation is 1. The standard InChI is InChI=1S/C32H34N4O4S/c1-3-27-25(32(38)39)18-33-36(27)29-6-4-5-26(34-29)30-24(13-16-41-30)19-40-28-10-9-23(17-20(28)2)21-11-14-35(15-12-21)31(37)22-7-8-22/h4-6,9-10,13,16-18,21-22H,3,7-8,11-12,14-15,19H2,1-2H3,(H,38,39). The largest absolute Gasteiger partial charge is 0.489 e. The summed E-state index contributed by atoms with van der Waals surface area (Å²) in [6.45, 7) is 6.12. The van der Waals surface area contributed by atoms with Crippen LogP contribution >= 0.6 is 11.3 Å². The summed E-state index contributed by atoms with van der Waals surface area (Å²) < 4.78 is 7.90. The van der Waals surface area contributed by atoms with Crippen LogP contribution in [0.15, 0.2) is 54.0 Å². The summed E-state index contributed by atoms with van der Waals surface area (Å²) in [5.74, 6) is 1.59. The van der Waals surface area contributed by atoms with Crippen LogP contribution in [0.3, 0.4) is 0 Å². The summed E-state index contributed by atoms with van der Waals surface area (Å²) in [5.41, 5.74) is 5.08. The lowest BCUT2D eigenvalue weighted by Crippen LogP contribution is -2.38. The van der Waals surface area contributed by atoms with Gasteiger partial charge in [0.15, 0.2) is 5.82 Å². The molecule has 0 radical (unpaired) electrons. The van der Waals surface area contributed by atoms with Crippen LogP contribution in [-0.2, 0) is 17.8 Å². The molecule has 1 saturated heterocycles. The van der Waals surface area contributed by atoms with Crippen LogP contribution in [0.2, 0.25) is 0 Å². The number of carbonyl (C=O) groups excluding carboxylic acids is 1. The van der Waals surface area contributed by atoms with Crippen molar-refractivity contribution in [3.8, 4) is 22.1 Å². The molecule has 1 aromatic carbocycles. The molecule has 4 heterocycles. The molecule has 0 unspecified atom stereocenters. The molecule has 9 heteroatoms. The topological polar surface area (TPSA) is 97.5 Å². The monoisotopic (exact) mass is 570 g/mol. The number of hydrogen-bond acceptors (Lipinski definition) is 6. The lowest BCUT2D eigenvalue weighted by molar-refractivity contribution is -0.133. The number of benzene rings is 1. The zero-order chi connectivity index (χ0) is 28.5. The first kappa shape index (κ1) is 27.2. The van der Waals surface area contributed by atoms with Crippen LogP contribution in [0.5, 0.6) is 5.75 Å². The van der Waals surface area contributed by atoms with Gasteiger partial charge in [-0.25, -0.2) is 14.5 Å². The lowest BCUT2D eigenvalue weighted by Gasteiger charge is -2.32. The maximum atomic E-state index is 12.4. The Labute approximate surface area is 243 Å². The van der Waals surface area contributed by atoms with Gasteiger partial charge < -0.3 is 14.7 Å². The maximum absolute atomic E-state index is 12.4. The minimum Gasteiger partial charge on any atom is -0.489 e. The molecule has 212 valence electrons. The number of aromatic nitrogens is 3. The van der Waals surface area contributed by atoms with E-state index in [-0.39, 0.29) is 5.56 Å². The quantitative estimate of drug-likeness (QED) is 0.255. The first-order valence-corrected chi connectivity index (χ1v) is 15.2. The predicted octanol–water partition coefficient (Wildman–Crippen LogP) is 6.26. The molecule has 0 bridgehead atoms. The molecule has 0 atom stereocenters. The van der Waals surface area contributed by atoms with Crippen molar-refractivity contribution in [1.82, 2.24) is 19.7 Å². The zero-order valence-electron chi connectivity index (χ0n) is 23.4. The van der Waals surface area contributed by atoms with Crippen molar-refractivity contribution in [2.24, 2.45) is 5.92 Å². The van der Waals surface area contributed by atoms with E-state index in [1.807, 2.05) is 30.5 Å².